The lowest BCUT2D eigenvalue weighted by Gasteiger charge is -2.24. The quantitative estimate of drug-likeness (QED) is 0.159. The second-order valence-electron chi connectivity index (χ2n) is 14.2. The first-order valence-electron chi connectivity index (χ1n) is 17.9. The van der Waals surface area contributed by atoms with Gasteiger partial charge in [0.15, 0.2) is 0 Å². The van der Waals surface area contributed by atoms with Gasteiger partial charge in [-0.05, 0) is 89.3 Å². The molecule has 8 aromatic rings. The van der Waals surface area contributed by atoms with E-state index in [9.17, 15) is 0 Å². The fraction of sp³-hybridized carbons (Fsp3) is 0.0588. The summed E-state index contributed by atoms with van der Waals surface area (Å²) in [5.41, 5.74) is 12.2. The van der Waals surface area contributed by atoms with Gasteiger partial charge in [0.2, 0.25) is 0 Å². The van der Waals surface area contributed by atoms with Gasteiger partial charge in [-0.1, -0.05) is 185 Å². The summed E-state index contributed by atoms with van der Waals surface area (Å²) in [4.78, 5) is 0. The lowest BCUT2D eigenvalue weighted by Crippen LogP contribution is -2.15. The van der Waals surface area contributed by atoms with E-state index in [2.05, 4.69) is 179 Å². The smallest absolute Gasteiger partial charge is 0.0440 e. The molecule has 0 N–H and O–H groups in total. The van der Waals surface area contributed by atoms with Gasteiger partial charge in [-0.15, -0.1) is 11.3 Å². The minimum absolute atomic E-state index is 0.191. The number of hydrogen-bond acceptors (Lipinski definition) is 1. The second kappa shape index (κ2) is 12.6. The summed E-state index contributed by atoms with van der Waals surface area (Å²) >= 11 is 1.92. The molecule has 1 aliphatic carbocycles. The van der Waals surface area contributed by atoms with Crippen molar-refractivity contribution in [2.45, 2.75) is 19.3 Å². The first-order chi connectivity index (χ1) is 25.5. The number of benzene rings is 6. The molecule has 9 rings (SSSR count). The Kier molecular flexibility index (Phi) is 7.76. The minimum atomic E-state index is -0.191. The normalized spacial score (nSPS) is 13.0. The monoisotopic (exact) mass is 682 g/mol. The molecule has 0 nitrogen and oxygen atoms in total. The molecule has 0 radical (unpaired) electrons. The van der Waals surface area contributed by atoms with E-state index in [1.807, 2.05) is 23.5 Å². The van der Waals surface area contributed by atoms with Crippen LogP contribution in [0.4, 0.5) is 0 Å². The zero-order valence-electron chi connectivity index (χ0n) is 29.5. The Hall–Kier alpha value is -6.02. The second-order valence-corrected chi connectivity index (χ2v) is 15.2. The average Bonchev–Trinajstić information content (AvgIpc) is 3.68. The van der Waals surface area contributed by atoms with Crippen LogP contribution in [0.15, 0.2) is 183 Å². The van der Waals surface area contributed by atoms with E-state index in [-0.39, 0.29) is 5.41 Å². The predicted molar refractivity (Wildman–Crippen MR) is 229 cm³/mol. The van der Waals surface area contributed by atoms with E-state index in [0.717, 1.165) is 16.7 Å². The Morgan fingerprint density at radius 3 is 1.85 bits per heavy atom. The number of rotatable bonds is 5. The van der Waals surface area contributed by atoms with Gasteiger partial charge in [-0.3, -0.25) is 0 Å². The van der Waals surface area contributed by atoms with Crippen LogP contribution < -0.4 is 0 Å². The molecule has 0 saturated heterocycles. The van der Waals surface area contributed by atoms with E-state index < -0.39 is 0 Å². The molecule has 7 aromatic carbocycles. The molecule has 1 heterocycles. The van der Waals surface area contributed by atoms with Crippen molar-refractivity contribution in [1.82, 2.24) is 0 Å². The van der Waals surface area contributed by atoms with Gasteiger partial charge >= 0.3 is 0 Å². The first-order valence-corrected chi connectivity index (χ1v) is 18.7. The predicted octanol–water partition coefficient (Wildman–Crippen LogP) is 14.9. The lowest BCUT2D eigenvalue weighted by molar-refractivity contribution is 0.667. The van der Waals surface area contributed by atoms with Crippen molar-refractivity contribution in [1.29, 1.82) is 0 Å². The van der Waals surface area contributed by atoms with Gasteiger partial charge in [0.25, 0.3) is 0 Å². The molecule has 0 saturated carbocycles. The molecule has 0 amide bonds. The maximum Gasteiger partial charge on any atom is 0.0440 e. The zero-order valence-corrected chi connectivity index (χ0v) is 30.3. The molecule has 1 aromatic heterocycles. The van der Waals surface area contributed by atoms with E-state index >= 15 is 0 Å². The van der Waals surface area contributed by atoms with E-state index in [0.29, 0.717) is 0 Å². The maximum absolute atomic E-state index is 4.25. The number of thiophene rings is 1. The van der Waals surface area contributed by atoms with Crippen molar-refractivity contribution < 1.29 is 0 Å². The highest BCUT2D eigenvalue weighted by atomic mass is 32.1. The van der Waals surface area contributed by atoms with Crippen LogP contribution in [-0.2, 0) is 5.41 Å². The van der Waals surface area contributed by atoms with Crippen molar-refractivity contribution in [3.63, 3.8) is 0 Å². The first kappa shape index (κ1) is 31.9. The standard InChI is InChI=1S/C51H38S/c1-5-6-17-33(2)34-26-28-35(29-27-34)37-18-9-7-8-10-19-38(40-21-12-11-20-39(37)40)36-30-31-43-45(32-36)51(3,4)49-41-22-13-14-23-42(41)50-48(47(43)49)44-24-15-16-25-46(44)52-50/h5-32H,1-2H2,3-4H3/b8-7?,9-7?,10-8?,17-6-,18-9?,19-10?,37-18?,38-19?,39-37?,40-38?. The van der Waals surface area contributed by atoms with E-state index in [4.69, 9.17) is 0 Å². The molecule has 1 heteroatoms. The fourth-order valence-corrected chi connectivity index (χ4v) is 9.60. The third kappa shape index (κ3) is 5.04. The molecule has 0 bridgehead atoms. The highest BCUT2D eigenvalue weighted by Gasteiger charge is 2.39. The fourth-order valence-electron chi connectivity index (χ4n) is 8.35. The molecule has 0 atom stereocenters. The Morgan fingerprint density at radius 2 is 1.15 bits per heavy atom. The molecule has 52 heavy (non-hydrogen) atoms. The van der Waals surface area contributed by atoms with Crippen LogP contribution in [-0.4, -0.2) is 0 Å². The van der Waals surface area contributed by atoms with Crippen LogP contribution in [0.5, 0.6) is 0 Å². The SMILES string of the molecule is C=C/C=C\C(=C)c1ccc(-c2ccccccc(-c3ccc4c(c3)C(C)(C)c3c-4c4c5ccccc5sc4c4ccccc34)c3ccccc23)cc1. The van der Waals surface area contributed by atoms with E-state index in [1.54, 1.807) is 6.08 Å². The van der Waals surface area contributed by atoms with Crippen molar-refractivity contribution >= 4 is 58.6 Å². The van der Waals surface area contributed by atoms with Gasteiger partial charge < -0.3 is 0 Å². The summed E-state index contributed by atoms with van der Waals surface area (Å²) in [5.74, 6) is 0. The molecule has 0 spiro atoms. The van der Waals surface area contributed by atoms with Crippen LogP contribution in [0, 0.1) is 0 Å². The molecule has 1 aliphatic rings. The summed E-state index contributed by atoms with van der Waals surface area (Å²) in [6, 6.07) is 55.8. The Balaban J connectivity index is 1.28. The molecular formula is C51H38S. The van der Waals surface area contributed by atoms with Crippen LogP contribution in [0.3, 0.4) is 0 Å². The highest BCUT2D eigenvalue weighted by Crippen LogP contribution is 2.57. The number of fused-ring (bicyclic) bond motifs is 11. The van der Waals surface area contributed by atoms with Crippen LogP contribution in [0.1, 0.15) is 30.5 Å². The summed E-state index contributed by atoms with van der Waals surface area (Å²) in [7, 11) is 0. The Labute approximate surface area is 309 Å². The lowest BCUT2D eigenvalue weighted by atomic mass is 9.79. The minimum Gasteiger partial charge on any atom is -0.135 e. The van der Waals surface area contributed by atoms with Crippen molar-refractivity contribution in [2.24, 2.45) is 0 Å². The summed E-state index contributed by atoms with van der Waals surface area (Å²) in [6.07, 6.45) is 5.70. The maximum atomic E-state index is 4.25. The largest absolute Gasteiger partial charge is 0.135 e. The van der Waals surface area contributed by atoms with Crippen molar-refractivity contribution in [3.8, 4) is 33.4 Å². The topological polar surface area (TPSA) is 0 Å². The van der Waals surface area contributed by atoms with Crippen LogP contribution in [0.25, 0.3) is 80.7 Å². The number of allylic oxidation sites excluding steroid dienone is 4. The zero-order chi connectivity index (χ0) is 35.4. The molecule has 248 valence electrons. The van der Waals surface area contributed by atoms with Crippen molar-refractivity contribution in [3.05, 3.63) is 200 Å². The third-order valence-corrected chi connectivity index (χ3v) is 12.0. The summed E-state index contributed by atoms with van der Waals surface area (Å²) in [6.45, 7) is 12.9. The average molecular weight is 683 g/mol. The summed E-state index contributed by atoms with van der Waals surface area (Å²) < 4.78 is 2.73. The Morgan fingerprint density at radius 1 is 0.577 bits per heavy atom. The van der Waals surface area contributed by atoms with E-state index in [1.165, 1.54) is 80.7 Å². The highest BCUT2D eigenvalue weighted by molar-refractivity contribution is 7.26. The Bertz CT molecular complexity index is 2840. The third-order valence-electron chi connectivity index (χ3n) is 10.8. The van der Waals surface area contributed by atoms with Gasteiger partial charge in [0.05, 0.1) is 0 Å². The molecule has 0 fully saturated rings. The molecule has 0 unspecified atom stereocenters. The number of hydrogen-bond donors (Lipinski definition) is 0. The molecule has 0 aliphatic heterocycles. The van der Waals surface area contributed by atoms with Gasteiger partial charge in [-0.25, -0.2) is 0 Å². The van der Waals surface area contributed by atoms with Crippen LogP contribution in [0.2, 0.25) is 0 Å². The molecular weight excluding hydrogens is 645 g/mol. The van der Waals surface area contributed by atoms with Gasteiger partial charge in [0.1, 0.15) is 0 Å². The van der Waals surface area contributed by atoms with Gasteiger partial charge in [0, 0.05) is 25.6 Å². The van der Waals surface area contributed by atoms with Gasteiger partial charge in [-0.2, -0.15) is 0 Å². The summed E-state index contributed by atoms with van der Waals surface area (Å²) in [5, 5.41) is 7.87. The van der Waals surface area contributed by atoms with Crippen LogP contribution >= 0.6 is 11.3 Å². The van der Waals surface area contributed by atoms with Crippen molar-refractivity contribution in [2.75, 3.05) is 0 Å².